The molecule has 76 valence electrons. The van der Waals surface area contributed by atoms with E-state index in [1.54, 1.807) is 7.11 Å². The molecule has 0 aromatic heterocycles. The molecule has 4 heteroatoms. The Bertz CT molecular complexity index is 166. The minimum atomic E-state index is -0.709. The molecule has 1 atom stereocenters. The van der Waals surface area contributed by atoms with Crippen LogP contribution in [0.15, 0.2) is 0 Å². The molecule has 3 nitrogen and oxygen atoms in total. The van der Waals surface area contributed by atoms with Crippen LogP contribution in [0.2, 0.25) is 0 Å². The molecule has 1 fully saturated rings. The van der Waals surface area contributed by atoms with Crippen LogP contribution in [-0.2, 0) is 9.53 Å². The summed E-state index contributed by atoms with van der Waals surface area (Å²) in [5.74, 6) is 1.50. The van der Waals surface area contributed by atoms with E-state index in [1.807, 2.05) is 11.8 Å². The van der Waals surface area contributed by atoms with Crippen molar-refractivity contribution in [2.75, 3.05) is 25.2 Å². The maximum absolute atomic E-state index is 10.9. The van der Waals surface area contributed by atoms with Crippen LogP contribution in [0.1, 0.15) is 12.8 Å². The fourth-order valence-electron chi connectivity index (χ4n) is 1.71. The van der Waals surface area contributed by atoms with Crippen molar-refractivity contribution in [3.63, 3.8) is 0 Å². The van der Waals surface area contributed by atoms with E-state index in [2.05, 4.69) is 0 Å². The Balaban J connectivity index is 2.46. The van der Waals surface area contributed by atoms with Gasteiger partial charge in [-0.3, -0.25) is 4.79 Å². The molecule has 0 aromatic carbocycles. The van der Waals surface area contributed by atoms with E-state index in [1.165, 1.54) is 0 Å². The minimum absolute atomic E-state index is 0.300. The molecule has 0 amide bonds. The zero-order chi connectivity index (χ0) is 9.68. The van der Waals surface area contributed by atoms with Gasteiger partial charge in [-0.25, -0.2) is 0 Å². The zero-order valence-electron chi connectivity index (χ0n) is 7.86. The third-order valence-corrected chi connectivity index (χ3v) is 3.55. The smallest absolute Gasteiger partial charge is 0.309 e. The fraction of sp³-hybridized carbons (Fsp3) is 0.889. The number of thioether (sulfide) groups is 1. The molecule has 1 heterocycles. The number of rotatable bonds is 4. The first-order valence-electron chi connectivity index (χ1n) is 4.55. The van der Waals surface area contributed by atoms with E-state index in [4.69, 9.17) is 9.84 Å². The molecule has 1 unspecified atom stereocenters. The predicted molar refractivity (Wildman–Crippen MR) is 53.1 cm³/mol. The minimum Gasteiger partial charge on any atom is -0.481 e. The summed E-state index contributed by atoms with van der Waals surface area (Å²) in [5, 5.41) is 8.97. The molecule has 13 heavy (non-hydrogen) atoms. The van der Waals surface area contributed by atoms with Gasteiger partial charge in [-0.1, -0.05) is 0 Å². The first kappa shape index (κ1) is 10.9. The van der Waals surface area contributed by atoms with Crippen molar-refractivity contribution in [3.8, 4) is 0 Å². The van der Waals surface area contributed by atoms with Gasteiger partial charge in [0, 0.05) is 7.11 Å². The van der Waals surface area contributed by atoms with E-state index >= 15 is 0 Å². The van der Waals surface area contributed by atoms with Gasteiger partial charge < -0.3 is 9.84 Å². The highest BCUT2D eigenvalue weighted by Crippen LogP contribution is 2.29. The second kappa shape index (κ2) is 5.50. The van der Waals surface area contributed by atoms with Crippen LogP contribution >= 0.6 is 11.8 Å². The van der Waals surface area contributed by atoms with Gasteiger partial charge in [0.25, 0.3) is 0 Å². The lowest BCUT2D eigenvalue weighted by Crippen LogP contribution is -2.30. The standard InChI is InChI=1S/C9H16O3S/c1-12-6-8(9(10)11)7-2-4-13-5-3-7/h7-8H,2-6H2,1H3,(H,10,11). The van der Waals surface area contributed by atoms with Crippen molar-refractivity contribution in [2.24, 2.45) is 11.8 Å². The molecular formula is C9H16O3S. The number of carbonyl (C=O) groups is 1. The number of carboxylic acid groups (broad SMARTS) is 1. The monoisotopic (exact) mass is 204 g/mol. The Labute approximate surface area is 82.8 Å². The Morgan fingerprint density at radius 1 is 1.62 bits per heavy atom. The van der Waals surface area contributed by atoms with Crippen molar-refractivity contribution >= 4 is 17.7 Å². The third-order valence-electron chi connectivity index (χ3n) is 2.50. The second-order valence-corrected chi connectivity index (χ2v) is 4.57. The summed E-state index contributed by atoms with van der Waals surface area (Å²) in [6.07, 6.45) is 2.04. The lowest BCUT2D eigenvalue weighted by molar-refractivity contribution is -0.146. The Morgan fingerprint density at radius 2 is 2.23 bits per heavy atom. The van der Waals surface area contributed by atoms with Crippen LogP contribution < -0.4 is 0 Å². The SMILES string of the molecule is COCC(C(=O)O)C1CCSCC1. The van der Waals surface area contributed by atoms with Gasteiger partial charge in [0.2, 0.25) is 0 Å². The van der Waals surface area contributed by atoms with E-state index in [0.29, 0.717) is 12.5 Å². The summed E-state index contributed by atoms with van der Waals surface area (Å²) >= 11 is 1.91. The van der Waals surface area contributed by atoms with E-state index in [0.717, 1.165) is 24.3 Å². The maximum Gasteiger partial charge on any atom is 0.309 e. The highest BCUT2D eigenvalue weighted by molar-refractivity contribution is 7.99. The number of hydrogen-bond acceptors (Lipinski definition) is 3. The van der Waals surface area contributed by atoms with Crippen molar-refractivity contribution in [3.05, 3.63) is 0 Å². The Kier molecular flexibility index (Phi) is 4.59. The van der Waals surface area contributed by atoms with Crippen molar-refractivity contribution in [1.82, 2.24) is 0 Å². The molecule has 0 radical (unpaired) electrons. The van der Waals surface area contributed by atoms with E-state index < -0.39 is 5.97 Å². The first-order valence-corrected chi connectivity index (χ1v) is 5.70. The van der Waals surface area contributed by atoms with Crippen LogP contribution in [0, 0.1) is 11.8 Å². The summed E-state index contributed by atoms with van der Waals surface area (Å²) in [4.78, 5) is 10.9. The number of carboxylic acids is 1. The lowest BCUT2D eigenvalue weighted by atomic mass is 9.88. The first-order chi connectivity index (χ1) is 6.25. The van der Waals surface area contributed by atoms with Gasteiger partial charge in [-0.05, 0) is 30.3 Å². The van der Waals surface area contributed by atoms with Crippen LogP contribution in [0.25, 0.3) is 0 Å². The van der Waals surface area contributed by atoms with Crippen LogP contribution in [-0.4, -0.2) is 36.3 Å². The summed E-state index contributed by atoms with van der Waals surface area (Å²) in [7, 11) is 1.56. The van der Waals surface area contributed by atoms with Crippen LogP contribution in [0.3, 0.4) is 0 Å². The van der Waals surface area contributed by atoms with Gasteiger partial charge >= 0.3 is 5.97 Å². The van der Waals surface area contributed by atoms with Gasteiger partial charge in [-0.15, -0.1) is 0 Å². The van der Waals surface area contributed by atoms with E-state index in [9.17, 15) is 4.79 Å². The van der Waals surface area contributed by atoms with Gasteiger partial charge in [0.15, 0.2) is 0 Å². The topological polar surface area (TPSA) is 46.5 Å². The van der Waals surface area contributed by atoms with Crippen molar-refractivity contribution in [1.29, 1.82) is 0 Å². The lowest BCUT2D eigenvalue weighted by Gasteiger charge is -2.26. The molecule has 1 aliphatic heterocycles. The zero-order valence-corrected chi connectivity index (χ0v) is 8.68. The summed E-state index contributed by atoms with van der Waals surface area (Å²) in [6, 6.07) is 0. The van der Waals surface area contributed by atoms with Gasteiger partial charge in [0.1, 0.15) is 0 Å². The molecular weight excluding hydrogens is 188 g/mol. The molecule has 0 aliphatic carbocycles. The van der Waals surface area contributed by atoms with Crippen molar-refractivity contribution in [2.45, 2.75) is 12.8 Å². The average Bonchev–Trinajstić information content (AvgIpc) is 2.15. The molecule has 1 aliphatic rings. The van der Waals surface area contributed by atoms with E-state index in [-0.39, 0.29) is 5.92 Å². The summed E-state index contributed by atoms with van der Waals surface area (Å²) < 4.78 is 4.93. The maximum atomic E-state index is 10.9. The molecule has 0 bridgehead atoms. The number of methoxy groups -OCH3 is 1. The number of ether oxygens (including phenoxy) is 1. The normalized spacial score (nSPS) is 21.3. The Morgan fingerprint density at radius 3 is 2.69 bits per heavy atom. The highest BCUT2D eigenvalue weighted by atomic mass is 32.2. The van der Waals surface area contributed by atoms with Crippen LogP contribution in [0.5, 0.6) is 0 Å². The summed E-state index contributed by atoms with van der Waals surface area (Å²) in [5.41, 5.74) is 0. The summed E-state index contributed by atoms with van der Waals surface area (Å²) in [6.45, 7) is 0.352. The molecule has 1 N–H and O–H groups in total. The average molecular weight is 204 g/mol. The van der Waals surface area contributed by atoms with Crippen molar-refractivity contribution < 1.29 is 14.6 Å². The molecule has 0 saturated carbocycles. The fourth-order valence-corrected chi connectivity index (χ4v) is 2.85. The van der Waals surface area contributed by atoms with Gasteiger partial charge in [0.05, 0.1) is 12.5 Å². The highest BCUT2D eigenvalue weighted by Gasteiger charge is 2.29. The number of aliphatic carboxylic acids is 1. The molecule has 1 saturated heterocycles. The largest absolute Gasteiger partial charge is 0.481 e. The second-order valence-electron chi connectivity index (χ2n) is 3.35. The molecule has 1 rings (SSSR count). The Hall–Kier alpha value is -0.220. The quantitative estimate of drug-likeness (QED) is 0.753. The third kappa shape index (κ3) is 3.19. The van der Waals surface area contributed by atoms with Gasteiger partial charge in [-0.2, -0.15) is 11.8 Å². The molecule has 0 spiro atoms. The van der Waals surface area contributed by atoms with Crippen LogP contribution in [0.4, 0.5) is 0 Å². The number of hydrogen-bond donors (Lipinski definition) is 1. The molecule has 0 aromatic rings. The predicted octanol–water partition coefficient (Wildman–Crippen LogP) is 1.48.